The third kappa shape index (κ3) is 6.10. The van der Waals surface area contributed by atoms with Gasteiger partial charge in [-0.3, -0.25) is 9.78 Å². The average molecular weight is 529 g/mol. The molecule has 8 nitrogen and oxygen atoms in total. The Morgan fingerprint density at radius 1 is 1.05 bits per heavy atom. The lowest BCUT2D eigenvalue weighted by atomic mass is 9.76. The zero-order valence-corrected chi connectivity index (χ0v) is 20.5. The number of amides is 2. The zero-order chi connectivity index (χ0) is 27.4. The molecule has 0 unspecified atom stereocenters. The van der Waals surface area contributed by atoms with E-state index in [0.29, 0.717) is 18.5 Å². The van der Waals surface area contributed by atoms with Gasteiger partial charge in [0.1, 0.15) is 28.8 Å². The fourth-order valence-electron chi connectivity index (χ4n) is 5.07. The number of hydrogen-bond acceptors (Lipinski definition) is 5. The summed E-state index contributed by atoms with van der Waals surface area (Å²) in [5.41, 5.74) is -0.299. The SMILES string of the molecule is C[C@@H]1C[C@H](NC(=O)O)C[C@H](c2ccncc2NC(=O)c2ccc(F)c(-c3c(F)cc(CCO)cc3F)n2)C1. The Balaban J connectivity index is 1.61. The van der Waals surface area contributed by atoms with Crippen LogP contribution in [-0.4, -0.2) is 44.8 Å². The lowest BCUT2D eigenvalue weighted by Gasteiger charge is -2.34. The smallest absolute Gasteiger partial charge is 0.404 e. The molecule has 38 heavy (non-hydrogen) atoms. The maximum Gasteiger partial charge on any atom is 0.404 e. The van der Waals surface area contributed by atoms with Crippen molar-refractivity contribution in [3.05, 3.63) is 77.0 Å². The summed E-state index contributed by atoms with van der Waals surface area (Å²) in [6.45, 7) is 1.72. The van der Waals surface area contributed by atoms with Gasteiger partial charge in [0.25, 0.3) is 5.91 Å². The molecule has 11 heteroatoms. The second kappa shape index (κ2) is 11.6. The van der Waals surface area contributed by atoms with Gasteiger partial charge >= 0.3 is 6.09 Å². The predicted octanol–water partition coefficient (Wildman–Crippen LogP) is 4.89. The highest BCUT2D eigenvalue weighted by Gasteiger charge is 2.30. The Bertz CT molecular complexity index is 1330. The fraction of sp³-hybridized carbons (Fsp3) is 0.333. The lowest BCUT2D eigenvalue weighted by molar-refractivity contribution is 0.102. The van der Waals surface area contributed by atoms with Crippen molar-refractivity contribution >= 4 is 17.7 Å². The van der Waals surface area contributed by atoms with Gasteiger partial charge in [-0.25, -0.2) is 22.9 Å². The van der Waals surface area contributed by atoms with E-state index in [-0.39, 0.29) is 42.2 Å². The number of halogens is 3. The van der Waals surface area contributed by atoms with Crippen LogP contribution in [-0.2, 0) is 6.42 Å². The number of aliphatic hydroxyl groups is 1. The van der Waals surface area contributed by atoms with Crippen molar-refractivity contribution in [1.82, 2.24) is 15.3 Å². The molecular weight excluding hydrogens is 501 g/mol. The molecule has 3 atom stereocenters. The van der Waals surface area contributed by atoms with Crippen LogP contribution in [0, 0.1) is 23.4 Å². The third-order valence-electron chi connectivity index (χ3n) is 6.63. The van der Waals surface area contributed by atoms with E-state index in [1.807, 2.05) is 6.92 Å². The van der Waals surface area contributed by atoms with E-state index in [9.17, 15) is 22.8 Å². The number of rotatable bonds is 7. The first kappa shape index (κ1) is 27.1. The van der Waals surface area contributed by atoms with E-state index >= 15 is 0 Å². The largest absolute Gasteiger partial charge is 0.465 e. The van der Waals surface area contributed by atoms with Gasteiger partial charge in [0.15, 0.2) is 0 Å². The third-order valence-corrected chi connectivity index (χ3v) is 6.63. The molecule has 2 heterocycles. The van der Waals surface area contributed by atoms with Crippen LogP contribution in [0.2, 0.25) is 0 Å². The molecule has 1 saturated carbocycles. The number of carbonyl (C=O) groups is 2. The van der Waals surface area contributed by atoms with E-state index < -0.39 is 40.7 Å². The van der Waals surface area contributed by atoms with Gasteiger partial charge in [-0.2, -0.15) is 0 Å². The van der Waals surface area contributed by atoms with Crippen LogP contribution in [0.3, 0.4) is 0 Å². The molecule has 1 aliphatic carbocycles. The van der Waals surface area contributed by atoms with Crippen LogP contribution in [0.25, 0.3) is 11.3 Å². The summed E-state index contributed by atoms with van der Waals surface area (Å²) in [5.74, 6) is -3.71. The van der Waals surface area contributed by atoms with Crippen molar-refractivity contribution < 1.29 is 33.0 Å². The topological polar surface area (TPSA) is 124 Å². The van der Waals surface area contributed by atoms with Gasteiger partial charge in [0.2, 0.25) is 0 Å². The number of carboxylic acid groups (broad SMARTS) is 1. The first-order chi connectivity index (χ1) is 18.2. The van der Waals surface area contributed by atoms with Gasteiger partial charge in [-0.05, 0) is 79.0 Å². The first-order valence-electron chi connectivity index (χ1n) is 12.2. The number of hydrogen-bond donors (Lipinski definition) is 4. The number of nitrogens with zero attached hydrogens (tertiary/aromatic N) is 2. The van der Waals surface area contributed by atoms with E-state index in [1.54, 1.807) is 12.3 Å². The number of aliphatic hydroxyl groups excluding tert-OH is 1. The molecule has 4 N–H and O–H groups in total. The highest BCUT2D eigenvalue weighted by Crippen LogP contribution is 2.39. The van der Waals surface area contributed by atoms with Crippen LogP contribution in [0.4, 0.5) is 23.7 Å². The summed E-state index contributed by atoms with van der Waals surface area (Å²) in [6.07, 6.45) is 3.96. The van der Waals surface area contributed by atoms with E-state index in [2.05, 4.69) is 20.6 Å². The number of aromatic nitrogens is 2. The average Bonchev–Trinajstić information content (AvgIpc) is 2.84. The van der Waals surface area contributed by atoms with Gasteiger partial charge in [-0.1, -0.05) is 6.92 Å². The molecule has 2 amide bonds. The molecule has 0 bridgehead atoms. The van der Waals surface area contributed by atoms with Crippen molar-refractivity contribution in [3.8, 4) is 11.3 Å². The molecule has 3 aromatic rings. The molecule has 0 radical (unpaired) electrons. The van der Waals surface area contributed by atoms with Gasteiger partial charge in [0.05, 0.1) is 17.4 Å². The summed E-state index contributed by atoms with van der Waals surface area (Å²) < 4.78 is 44.0. The molecular formula is C27H27F3N4O4. The summed E-state index contributed by atoms with van der Waals surface area (Å²) in [5, 5.41) is 23.4. The minimum Gasteiger partial charge on any atom is -0.465 e. The van der Waals surface area contributed by atoms with Gasteiger partial charge in [-0.15, -0.1) is 0 Å². The Morgan fingerprint density at radius 3 is 2.47 bits per heavy atom. The summed E-state index contributed by atoms with van der Waals surface area (Å²) in [6, 6.07) is 5.50. The number of pyridine rings is 2. The Kier molecular flexibility index (Phi) is 8.26. The Hall–Kier alpha value is -3.99. The van der Waals surface area contributed by atoms with Crippen molar-refractivity contribution in [2.75, 3.05) is 11.9 Å². The molecule has 2 aromatic heterocycles. The highest BCUT2D eigenvalue weighted by molar-refractivity contribution is 6.03. The van der Waals surface area contributed by atoms with Crippen molar-refractivity contribution in [3.63, 3.8) is 0 Å². The monoisotopic (exact) mass is 528 g/mol. The highest BCUT2D eigenvalue weighted by atomic mass is 19.1. The van der Waals surface area contributed by atoms with Crippen LogP contribution in [0.5, 0.6) is 0 Å². The quantitative estimate of drug-likeness (QED) is 0.346. The van der Waals surface area contributed by atoms with E-state index in [1.165, 1.54) is 6.20 Å². The summed E-state index contributed by atoms with van der Waals surface area (Å²) in [7, 11) is 0. The number of anilines is 1. The number of benzene rings is 1. The zero-order valence-electron chi connectivity index (χ0n) is 20.5. The molecule has 200 valence electrons. The predicted molar refractivity (Wildman–Crippen MR) is 133 cm³/mol. The molecule has 1 aliphatic rings. The van der Waals surface area contributed by atoms with Crippen LogP contribution in [0.1, 0.15) is 53.7 Å². The molecule has 4 rings (SSSR count). The van der Waals surface area contributed by atoms with Crippen molar-refractivity contribution in [2.45, 2.75) is 44.6 Å². The Morgan fingerprint density at radius 2 is 1.79 bits per heavy atom. The first-order valence-corrected chi connectivity index (χ1v) is 12.2. The maximum atomic E-state index is 14.7. The normalized spacial score (nSPS) is 19.1. The summed E-state index contributed by atoms with van der Waals surface area (Å²) >= 11 is 0. The minimum atomic E-state index is -1.10. The fourth-order valence-corrected chi connectivity index (χ4v) is 5.07. The molecule has 0 aliphatic heterocycles. The minimum absolute atomic E-state index is 0.0206. The lowest BCUT2D eigenvalue weighted by Crippen LogP contribution is -2.39. The second-order valence-electron chi connectivity index (χ2n) is 9.51. The molecule has 1 aromatic carbocycles. The van der Waals surface area contributed by atoms with Crippen LogP contribution < -0.4 is 10.6 Å². The number of carbonyl (C=O) groups excluding carboxylic acids is 1. The second-order valence-corrected chi connectivity index (χ2v) is 9.51. The van der Waals surface area contributed by atoms with Crippen LogP contribution >= 0.6 is 0 Å². The van der Waals surface area contributed by atoms with Crippen molar-refractivity contribution in [2.24, 2.45) is 5.92 Å². The molecule has 1 fully saturated rings. The van der Waals surface area contributed by atoms with Gasteiger partial charge in [0, 0.05) is 18.8 Å². The molecule has 0 spiro atoms. The van der Waals surface area contributed by atoms with Gasteiger partial charge < -0.3 is 20.8 Å². The summed E-state index contributed by atoms with van der Waals surface area (Å²) in [4.78, 5) is 32.3. The standard InChI is InChI=1S/C27H27F3N4O4/c1-14-8-16(12-17(9-14)32-27(37)38)18-4-6-31-13-23(18)34-26(36)22-3-2-19(28)25(33-22)24-20(29)10-15(5-7-35)11-21(24)30/h2-4,6,10-11,13-14,16-17,32,35H,5,7-9,12H2,1H3,(H,34,36)(H,37,38)/t14-,16+,17-/m0/s1. The number of nitrogens with one attached hydrogen (secondary N) is 2. The molecule has 0 saturated heterocycles. The Labute approximate surface area is 217 Å². The van der Waals surface area contributed by atoms with E-state index in [4.69, 9.17) is 10.2 Å². The van der Waals surface area contributed by atoms with Crippen LogP contribution in [0.15, 0.2) is 42.7 Å². The maximum absolute atomic E-state index is 14.7. The van der Waals surface area contributed by atoms with E-state index in [0.717, 1.165) is 36.2 Å². The van der Waals surface area contributed by atoms with Crippen molar-refractivity contribution in [1.29, 1.82) is 0 Å².